The van der Waals surface area contributed by atoms with Crippen molar-refractivity contribution in [2.45, 2.75) is 38.1 Å². The van der Waals surface area contributed by atoms with Gasteiger partial charge >= 0.3 is 0 Å². The maximum absolute atomic E-state index is 13.2. The van der Waals surface area contributed by atoms with Crippen LogP contribution in [0.25, 0.3) is 0 Å². The van der Waals surface area contributed by atoms with Crippen LogP contribution in [0.3, 0.4) is 0 Å². The monoisotopic (exact) mass is 434 g/mol. The molecule has 2 aliphatic rings. The first-order valence-electron chi connectivity index (χ1n) is 10.9. The van der Waals surface area contributed by atoms with Gasteiger partial charge in [-0.05, 0) is 73.6 Å². The van der Waals surface area contributed by atoms with Crippen LogP contribution < -0.4 is 4.90 Å². The molecule has 0 radical (unpaired) electrons. The van der Waals surface area contributed by atoms with Gasteiger partial charge < -0.3 is 4.90 Å². The second kappa shape index (κ2) is 8.21. The molecule has 1 aromatic heterocycles. The Balaban J connectivity index is 1.34. The van der Waals surface area contributed by atoms with Crippen molar-refractivity contribution in [1.29, 1.82) is 0 Å². The minimum atomic E-state index is -0.188. The van der Waals surface area contributed by atoms with Gasteiger partial charge in [-0.15, -0.1) is 11.3 Å². The molecule has 3 nitrogen and oxygen atoms in total. The summed E-state index contributed by atoms with van der Waals surface area (Å²) in [5.74, 6) is 0.00440. The summed E-state index contributed by atoms with van der Waals surface area (Å²) in [4.78, 5) is 18.8. The highest BCUT2D eigenvalue weighted by molar-refractivity contribution is 7.10. The average molecular weight is 435 g/mol. The van der Waals surface area contributed by atoms with Crippen LogP contribution in [0, 0.1) is 12.7 Å². The summed E-state index contributed by atoms with van der Waals surface area (Å²) in [6.45, 7) is 5.72. The van der Waals surface area contributed by atoms with E-state index in [1.807, 2.05) is 34.5 Å². The summed E-state index contributed by atoms with van der Waals surface area (Å²) >= 11 is 1.65. The van der Waals surface area contributed by atoms with E-state index in [2.05, 4.69) is 30.0 Å². The van der Waals surface area contributed by atoms with Crippen LogP contribution in [-0.4, -0.2) is 30.4 Å². The van der Waals surface area contributed by atoms with Gasteiger partial charge in [-0.25, -0.2) is 4.39 Å². The predicted molar refractivity (Wildman–Crippen MR) is 124 cm³/mol. The third-order valence-electron chi connectivity index (χ3n) is 6.81. The Morgan fingerprint density at radius 3 is 2.58 bits per heavy atom. The number of fused-ring (bicyclic) bond motifs is 2. The van der Waals surface area contributed by atoms with E-state index in [9.17, 15) is 9.18 Å². The van der Waals surface area contributed by atoms with Crippen molar-refractivity contribution in [3.63, 3.8) is 0 Å². The number of amides is 1. The topological polar surface area (TPSA) is 23.6 Å². The summed E-state index contributed by atoms with van der Waals surface area (Å²) < 4.78 is 13.2. The van der Waals surface area contributed by atoms with E-state index in [4.69, 9.17) is 0 Å². The summed E-state index contributed by atoms with van der Waals surface area (Å²) in [7, 11) is 0. The Morgan fingerprint density at radius 1 is 1.10 bits per heavy atom. The van der Waals surface area contributed by atoms with Gasteiger partial charge in [-0.3, -0.25) is 9.69 Å². The van der Waals surface area contributed by atoms with E-state index < -0.39 is 0 Å². The number of hydrogen-bond acceptors (Lipinski definition) is 3. The second-order valence-electron chi connectivity index (χ2n) is 8.94. The first-order chi connectivity index (χ1) is 15.0. The highest BCUT2D eigenvalue weighted by atomic mass is 32.1. The molecule has 2 aliphatic heterocycles. The first kappa shape index (κ1) is 20.4. The molecule has 0 N–H and O–H groups in total. The van der Waals surface area contributed by atoms with Gasteiger partial charge in [0.25, 0.3) is 0 Å². The Labute approximate surface area is 187 Å². The molecule has 0 saturated carbocycles. The molecule has 0 aliphatic carbocycles. The lowest BCUT2D eigenvalue weighted by Crippen LogP contribution is -2.46. The molecule has 0 unspecified atom stereocenters. The number of benzene rings is 2. The molecule has 1 saturated heterocycles. The van der Waals surface area contributed by atoms with Crippen LogP contribution >= 0.6 is 11.3 Å². The number of hydrogen-bond donors (Lipinski definition) is 0. The number of anilines is 1. The second-order valence-corrected chi connectivity index (χ2v) is 9.97. The van der Waals surface area contributed by atoms with Crippen molar-refractivity contribution >= 4 is 22.9 Å². The average Bonchev–Trinajstić information content (AvgIpc) is 3.38. The Kier molecular flexibility index (Phi) is 5.40. The van der Waals surface area contributed by atoms with Crippen molar-refractivity contribution in [2.24, 2.45) is 0 Å². The highest BCUT2D eigenvalue weighted by Gasteiger charge is 2.46. The minimum absolute atomic E-state index is 0.0335. The van der Waals surface area contributed by atoms with Crippen LogP contribution in [-0.2, 0) is 23.2 Å². The smallest absolute Gasteiger partial charge is 0.232 e. The molecule has 1 amide bonds. The number of nitrogens with zero attached hydrogens (tertiary/aromatic N) is 2. The van der Waals surface area contributed by atoms with Crippen LogP contribution in [0.2, 0.25) is 0 Å². The number of rotatable bonds is 4. The summed E-state index contributed by atoms with van der Waals surface area (Å²) in [5, 5.41) is 2.03. The minimum Gasteiger partial charge on any atom is -0.311 e. The Morgan fingerprint density at radius 2 is 1.87 bits per heavy atom. The molecule has 1 fully saturated rings. The number of aryl methyl sites for hydroxylation is 1. The van der Waals surface area contributed by atoms with E-state index >= 15 is 0 Å². The normalized spacial score (nSPS) is 17.8. The molecule has 1 spiro atoms. The molecule has 160 valence electrons. The molecule has 0 atom stereocenters. The van der Waals surface area contributed by atoms with Gasteiger partial charge in [0.15, 0.2) is 0 Å². The number of halogens is 1. The zero-order valence-corrected chi connectivity index (χ0v) is 18.6. The number of carbonyl (C=O) groups excluding carboxylic acids is 1. The summed E-state index contributed by atoms with van der Waals surface area (Å²) in [6, 6.07) is 17.4. The fourth-order valence-corrected chi connectivity index (χ4v) is 5.77. The van der Waals surface area contributed by atoms with Crippen LogP contribution in [0.4, 0.5) is 10.1 Å². The molecule has 0 bridgehead atoms. The molecule has 3 heterocycles. The molecule has 2 aromatic carbocycles. The number of thiophene rings is 1. The third kappa shape index (κ3) is 4.04. The lowest BCUT2D eigenvalue weighted by atomic mass is 9.74. The van der Waals surface area contributed by atoms with Crippen molar-refractivity contribution < 1.29 is 9.18 Å². The van der Waals surface area contributed by atoms with Crippen LogP contribution in [0.1, 0.15) is 34.4 Å². The first-order valence-corrected chi connectivity index (χ1v) is 11.8. The third-order valence-corrected chi connectivity index (χ3v) is 7.69. The van der Waals surface area contributed by atoms with E-state index in [1.54, 1.807) is 11.3 Å². The predicted octanol–water partition coefficient (Wildman–Crippen LogP) is 5.32. The van der Waals surface area contributed by atoms with E-state index in [0.717, 1.165) is 55.1 Å². The summed E-state index contributed by atoms with van der Waals surface area (Å²) in [5.41, 5.74) is 4.87. The number of carbonyl (C=O) groups is 1. The molecular weight excluding hydrogens is 407 g/mol. The largest absolute Gasteiger partial charge is 0.311 e. The molecule has 31 heavy (non-hydrogen) atoms. The fourth-order valence-electron chi connectivity index (χ4n) is 5.08. The van der Waals surface area contributed by atoms with E-state index in [1.165, 1.54) is 23.3 Å². The van der Waals surface area contributed by atoms with Gasteiger partial charge in [0, 0.05) is 29.1 Å². The van der Waals surface area contributed by atoms with Crippen molar-refractivity contribution in [2.75, 3.05) is 24.5 Å². The maximum Gasteiger partial charge on any atom is 0.232 e. The zero-order valence-electron chi connectivity index (χ0n) is 17.8. The molecular formula is C26H27FN2OS. The van der Waals surface area contributed by atoms with E-state index in [-0.39, 0.29) is 17.1 Å². The Hall–Kier alpha value is -2.50. The standard InChI is InChI=1S/C26H27FN2OS/c1-19-4-9-24-23(15-19)26(18-29(24)25(30)16-22-3-2-14-31-22)10-12-28(13-11-26)17-20-5-7-21(27)8-6-20/h2-9,14-15H,10-13,16-18H2,1H3. The van der Waals surface area contributed by atoms with Gasteiger partial charge in [0.2, 0.25) is 5.91 Å². The number of likely N-dealkylation sites (tertiary alicyclic amines) is 1. The molecule has 5 heteroatoms. The lowest BCUT2D eigenvalue weighted by Gasteiger charge is -2.40. The SMILES string of the molecule is Cc1ccc2c(c1)C1(CCN(Cc3ccc(F)cc3)CC1)CN2C(=O)Cc1cccs1. The zero-order chi connectivity index (χ0) is 21.4. The highest BCUT2D eigenvalue weighted by Crippen LogP contribution is 2.47. The van der Waals surface area contributed by atoms with Crippen molar-refractivity contribution in [3.8, 4) is 0 Å². The van der Waals surface area contributed by atoms with E-state index in [0.29, 0.717) is 6.42 Å². The van der Waals surface area contributed by atoms with Crippen molar-refractivity contribution in [1.82, 2.24) is 4.90 Å². The van der Waals surface area contributed by atoms with Gasteiger partial charge in [-0.2, -0.15) is 0 Å². The summed E-state index contributed by atoms with van der Waals surface area (Å²) in [6.07, 6.45) is 2.54. The van der Waals surface area contributed by atoms with Gasteiger partial charge in [0.05, 0.1) is 6.42 Å². The van der Waals surface area contributed by atoms with Gasteiger partial charge in [0.1, 0.15) is 5.82 Å². The Bertz CT molecular complexity index is 1070. The molecule has 3 aromatic rings. The number of piperidine rings is 1. The van der Waals surface area contributed by atoms with Crippen molar-refractivity contribution in [3.05, 3.63) is 87.4 Å². The van der Waals surface area contributed by atoms with Crippen LogP contribution in [0.15, 0.2) is 60.0 Å². The maximum atomic E-state index is 13.2. The molecule has 5 rings (SSSR count). The quantitative estimate of drug-likeness (QED) is 0.555. The fraction of sp³-hybridized carbons (Fsp3) is 0.346. The van der Waals surface area contributed by atoms with Gasteiger partial charge in [-0.1, -0.05) is 35.9 Å². The van der Waals surface area contributed by atoms with Crippen LogP contribution in [0.5, 0.6) is 0 Å². The lowest BCUT2D eigenvalue weighted by molar-refractivity contribution is -0.118.